The first-order valence-electron chi connectivity index (χ1n) is 5.34. The molecule has 1 aromatic rings. The van der Waals surface area contributed by atoms with Gasteiger partial charge >= 0.3 is 0 Å². The summed E-state index contributed by atoms with van der Waals surface area (Å²) in [6.07, 6.45) is 3.41. The zero-order valence-electron chi connectivity index (χ0n) is 8.82. The number of hydrogen-bond donors (Lipinski definition) is 1. The van der Waals surface area contributed by atoms with Gasteiger partial charge in [0.05, 0.1) is 0 Å². The van der Waals surface area contributed by atoms with Crippen LogP contribution in [-0.4, -0.2) is 0 Å². The Bertz CT molecular complexity index is 388. The number of hydrogen-bond acceptors (Lipinski definition) is 1. The predicted molar refractivity (Wildman–Crippen MR) is 55.6 cm³/mol. The minimum atomic E-state index is -0.483. The van der Waals surface area contributed by atoms with Crippen LogP contribution in [0.5, 0.6) is 0 Å². The molecule has 0 amide bonds. The zero-order chi connectivity index (χ0) is 11.0. The lowest BCUT2D eigenvalue weighted by Gasteiger charge is -2.16. The lowest BCUT2D eigenvalue weighted by atomic mass is 9.94. The average Bonchev–Trinajstić information content (AvgIpc) is 2.37. The Balaban J connectivity index is 2.63. The molecule has 15 heavy (non-hydrogen) atoms. The summed E-state index contributed by atoms with van der Waals surface area (Å²) >= 11 is 0. The number of benzene rings is 1. The topological polar surface area (TPSA) is 26.0 Å². The molecule has 1 aromatic carbocycles. The van der Waals surface area contributed by atoms with Gasteiger partial charge in [-0.3, -0.25) is 0 Å². The van der Waals surface area contributed by atoms with E-state index in [9.17, 15) is 8.78 Å². The van der Waals surface area contributed by atoms with Crippen molar-refractivity contribution in [3.63, 3.8) is 0 Å². The van der Waals surface area contributed by atoms with Crippen molar-refractivity contribution < 1.29 is 8.78 Å². The summed E-state index contributed by atoms with van der Waals surface area (Å²) in [6, 6.07) is 0.763. The first kappa shape index (κ1) is 10.6. The van der Waals surface area contributed by atoms with Crippen LogP contribution in [-0.2, 0) is 6.42 Å². The van der Waals surface area contributed by atoms with Crippen LogP contribution in [0.3, 0.4) is 0 Å². The van der Waals surface area contributed by atoms with E-state index in [1.165, 1.54) is 0 Å². The van der Waals surface area contributed by atoms with Gasteiger partial charge in [-0.1, -0.05) is 6.42 Å². The van der Waals surface area contributed by atoms with E-state index in [1.54, 1.807) is 6.92 Å². The van der Waals surface area contributed by atoms with Crippen molar-refractivity contribution in [1.82, 2.24) is 0 Å². The number of nitrogens with two attached hydrogens (primary N) is 1. The Hall–Kier alpha value is -0.960. The standard InChI is InChI=1S/C12H15F2N/c1-7-9(13)6-10(14)8-4-2-3-5-11(15)12(7)8/h6,11H,2-5,15H2,1H3. The first-order valence-corrected chi connectivity index (χ1v) is 5.34. The molecule has 1 atom stereocenters. The highest BCUT2D eigenvalue weighted by molar-refractivity contribution is 5.39. The molecule has 1 nitrogen and oxygen atoms in total. The highest BCUT2D eigenvalue weighted by atomic mass is 19.1. The fourth-order valence-corrected chi connectivity index (χ4v) is 2.36. The molecule has 0 bridgehead atoms. The van der Waals surface area contributed by atoms with E-state index in [4.69, 9.17) is 5.73 Å². The Morgan fingerprint density at radius 3 is 2.73 bits per heavy atom. The maximum Gasteiger partial charge on any atom is 0.129 e. The van der Waals surface area contributed by atoms with Gasteiger partial charge in [-0.2, -0.15) is 0 Å². The van der Waals surface area contributed by atoms with Gasteiger partial charge in [0.1, 0.15) is 11.6 Å². The Morgan fingerprint density at radius 2 is 2.00 bits per heavy atom. The van der Waals surface area contributed by atoms with E-state index in [1.807, 2.05) is 0 Å². The molecular weight excluding hydrogens is 196 g/mol. The fraction of sp³-hybridized carbons (Fsp3) is 0.500. The molecule has 0 aromatic heterocycles. The smallest absolute Gasteiger partial charge is 0.129 e. The summed E-state index contributed by atoms with van der Waals surface area (Å²) in [6.45, 7) is 1.68. The molecule has 1 aliphatic rings. The molecule has 0 spiro atoms. The van der Waals surface area contributed by atoms with E-state index in [0.29, 0.717) is 23.1 Å². The molecule has 3 heteroatoms. The summed E-state index contributed by atoms with van der Waals surface area (Å²) in [5.74, 6) is -0.922. The van der Waals surface area contributed by atoms with Crippen LogP contribution >= 0.6 is 0 Å². The van der Waals surface area contributed by atoms with Crippen molar-refractivity contribution in [2.75, 3.05) is 0 Å². The van der Waals surface area contributed by atoms with Gasteiger partial charge in [0, 0.05) is 12.1 Å². The summed E-state index contributed by atoms with van der Waals surface area (Å²) < 4.78 is 26.9. The molecule has 2 rings (SSSR count). The largest absolute Gasteiger partial charge is 0.324 e. The van der Waals surface area contributed by atoms with Crippen LogP contribution in [0.15, 0.2) is 6.07 Å². The monoisotopic (exact) mass is 211 g/mol. The number of fused-ring (bicyclic) bond motifs is 1. The van der Waals surface area contributed by atoms with Gasteiger partial charge in [-0.05, 0) is 42.9 Å². The molecular formula is C12H15F2N. The second-order valence-electron chi connectivity index (χ2n) is 4.21. The van der Waals surface area contributed by atoms with Crippen LogP contribution in [0.1, 0.15) is 42.0 Å². The Morgan fingerprint density at radius 1 is 1.27 bits per heavy atom. The summed E-state index contributed by atoms with van der Waals surface area (Å²) in [7, 11) is 0. The zero-order valence-corrected chi connectivity index (χ0v) is 8.82. The van der Waals surface area contributed by atoms with Crippen LogP contribution in [0.2, 0.25) is 0 Å². The summed E-state index contributed by atoms with van der Waals surface area (Å²) in [5, 5.41) is 0. The third kappa shape index (κ3) is 1.76. The lowest BCUT2D eigenvalue weighted by molar-refractivity contribution is 0.556. The molecule has 2 N–H and O–H groups in total. The summed E-state index contributed by atoms with van der Waals surface area (Å²) in [4.78, 5) is 0. The molecule has 0 radical (unpaired) electrons. The molecule has 1 unspecified atom stereocenters. The highest BCUT2D eigenvalue weighted by Gasteiger charge is 2.22. The van der Waals surface area contributed by atoms with Crippen LogP contribution < -0.4 is 5.73 Å². The second-order valence-corrected chi connectivity index (χ2v) is 4.21. The third-order valence-corrected chi connectivity index (χ3v) is 3.19. The van der Waals surface area contributed by atoms with Gasteiger partial charge in [-0.15, -0.1) is 0 Å². The SMILES string of the molecule is Cc1c(F)cc(F)c2c1C(N)CCCC2. The maximum absolute atomic E-state index is 13.6. The molecule has 0 heterocycles. The van der Waals surface area contributed by atoms with Crippen molar-refractivity contribution in [2.24, 2.45) is 5.73 Å². The van der Waals surface area contributed by atoms with E-state index >= 15 is 0 Å². The number of halogens is 2. The molecule has 82 valence electrons. The molecule has 1 aliphatic carbocycles. The lowest BCUT2D eigenvalue weighted by Crippen LogP contribution is -2.14. The minimum absolute atomic E-state index is 0.215. The minimum Gasteiger partial charge on any atom is -0.324 e. The van der Waals surface area contributed by atoms with Crippen molar-refractivity contribution in [2.45, 2.75) is 38.6 Å². The van der Waals surface area contributed by atoms with Gasteiger partial charge in [0.25, 0.3) is 0 Å². The quantitative estimate of drug-likeness (QED) is 0.656. The molecule has 0 aliphatic heterocycles. The fourth-order valence-electron chi connectivity index (χ4n) is 2.36. The van der Waals surface area contributed by atoms with E-state index in [-0.39, 0.29) is 6.04 Å². The van der Waals surface area contributed by atoms with E-state index in [2.05, 4.69) is 0 Å². The van der Waals surface area contributed by atoms with E-state index < -0.39 is 11.6 Å². The van der Waals surface area contributed by atoms with Gasteiger partial charge in [0.2, 0.25) is 0 Å². The van der Waals surface area contributed by atoms with Crippen LogP contribution in [0, 0.1) is 18.6 Å². The van der Waals surface area contributed by atoms with Crippen molar-refractivity contribution >= 4 is 0 Å². The summed E-state index contributed by atoms with van der Waals surface area (Å²) in [5.41, 5.74) is 7.79. The Kier molecular flexibility index (Phi) is 2.74. The average molecular weight is 211 g/mol. The number of rotatable bonds is 0. The highest BCUT2D eigenvalue weighted by Crippen LogP contribution is 2.32. The van der Waals surface area contributed by atoms with Gasteiger partial charge in [0.15, 0.2) is 0 Å². The van der Waals surface area contributed by atoms with Crippen molar-refractivity contribution in [1.29, 1.82) is 0 Å². The van der Waals surface area contributed by atoms with Gasteiger partial charge in [-0.25, -0.2) is 8.78 Å². The molecule has 0 saturated heterocycles. The molecule has 0 fully saturated rings. The third-order valence-electron chi connectivity index (χ3n) is 3.19. The molecule has 0 saturated carbocycles. The van der Waals surface area contributed by atoms with Crippen LogP contribution in [0.4, 0.5) is 8.78 Å². The van der Waals surface area contributed by atoms with Crippen LogP contribution in [0.25, 0.3) is 0 Å². The van der Waals surface area contributed by atoms with E-state index in [0.717, 1.165) is 25.3 Å². The second kappa shape index (κ2) is 3.89. The normalized spacial score (nSPS) is 20.9. The van der Waals surface area contributed by atoms with Crippen molar-refractivity contribution in [3.8, 4) is 0 Å². The van der Waals surface area contributed by atoms with Gasteiger partial charge < -0.3 is 5.73 Å². The first-order chi connectivity index (χ1) is 7.11. The Labute approximate surface area is 88.3 Å². The maximum atomic E-state index is 13.6. The predicted octanol–water partition coefficient (Wildman–Crippen LogP) is 3.00. The van der Waals surface area contributed by atoms with Crippen molar-refractivity contribution in [3.05, 3.63) is 34.4 Å².